The van der Waals surface area contributed by atoms with Gasteiger partial charge < -0.3 is 4.90 Å². The van der Waals surface area contributed by atoms with Crippen LogP contribution in [-0.4, -0.2) is 75.7 Å². The Hall–Kier alpha value is -1.40. The molecule has 1 atom stereocenters. The van der Waals surface area contributed by atoms with Gasteiger partial charge in [0.15, 0.2) is 0 Å². The highest BCUT2D eigenvalue weighted by Gasteiger charge is 2.34. The van der Waals surface area contributed by atoms with Crippen molar-refractivity contribution in [2.75, 3.05) is 39.3 Å². The summed E-state index contributed by atoms with van der Waals surface area (Å²) in [6, 6.07) is 0.658. The van der Waals surface area contributed by atoms with E-state index in [2.05, 4.69) is 32.9 Å². The third kappa shape index (κ3) is 4.37. The fourth-order valence-corrected chi connectivity index (χ4v) is 5.22. The Balaban J connectivity index is 1.27. The monoisotopic (exact) mass is 373 g/mol. The van der Waals surface area contributed by atoms with Crippen LogP contribution in [0.25, 0.3) is 0 Å². The number of carbonyl (C=O) groups excluding carboxylic acids is 1. The maximum absolute atomic E-state index is 12.8. The SMILES string of the molecule is Cc1nn(C)cc1CN1CCC(N2CCC[C@@H](C(=O)N3CCCC3)C2)CC1. The van der Waals surface area contributed by atoms with Crippen LogP contribution in [0.5, 0.6) is 0 Å². The van der Waals surface area contributed by atoms with Crippen LogP contribution in [0.1, 0.15) is 49.8 Å². The normalized spacial score (nSPS) is 26.0. The molecular weight excluding hydrogens is 338 g/mol. The highest BCUT2D eigenvalue weighted by atomic mass is 16.2. The Bertz CT molecular complexity index is 643. The first-order valence-electron chi connectivity index (χ1n) is 10.8. The highest BCUT2D eigenvalue weighted by Crippen LogP contribution is 2.26. The fourth-order valence-electron chi connectivity index (χ4n) is 5.22. The Morgan fingerprint density at radius 3 is 2.48 bits per heavy atom. The summed E-state index contributed by atoms with van der Waals surface area (Å²) < 4.78 is 1.92. The predicted octanol–water partition coefficient (Wildman–Crippen LogP) is 2.03. The summed E-state index contributed by atoms with van der Waals surface area (Å²) in [5.41, 5.74) is 2.50. The van der Waals surface area contributed by atoms with E-state index in [0.29, 0.717) is 11.9 Å². The summed E-state index contributed by atoms with van der Waals surface area (Å²) in [5, 5.41) is 4.47. The van der Waals surface area contributed by atoms with E-state index in [1.807, 2.05) is 11.7 Å². The number of hydrogen-bond donors (Lipinski definition) is 0. The van der Waals surface area contributed by atoms with Crippen LogP contribution < -0.4 is 0 Å². The zero-order valence-electron chi connectivity index (χ0n) is 17.1. The molecule has 0 aromatic carbocycles. The Morgan fingerprint density at radius 1 is 1.07 bits per heavy atom. The molecule has 0 radical (unpaired) electrons. The molecule has 4 rings (SSSR count). The molecule has 3 saturated heterocycles. The number of nitrogens with zero attached hydrogens (tertiary/aromatic N) is 5. The van der Waals surface area contributed by atoms with Crippen molar-refractivity contribution < 1.29 is 4.79 Å². The lowest BCUT2D eigenvalue weighted by Gasteiger charge is -2.42. The van der Waals surface area contributed by atoms with Crippen LogP contribution in [0.3, 0.4) is 0 Å². The number of hydrogen-bond acceptors (Lipinski definition) is 4. The smallest absolute Gasteiger partial charge is 0.226 e. The first-order valence-corrected chi connectivity index (χ1v) is 10.8. The molecule has 3 aliphatic rings. The van der Waals surface area contributed by atoms with Gasteiger partial charge in [0, 0.05) is 51.0 Å². The Labute approximate surface area is 163 Å². The number of rotatable bonds is 4. The first kappa shape index (κ1) is 18.9. The van der Waals surface area contributed by atoms with Gasteiger partial charge in [0.2, 0.25) is 5.91 Å². The van der Waals surface area contributed by atoms with Crippen molar-refractivity contribution in [2.24, 2.45) is 13.0 Å². The summed E-state index contributed by atoms with van der Waals surface area (Å²) in [7, 11) is 2.00. The number of aryl methyl sites for hydroxylation is 2. The molecule has 1 amide bonds. The second-order valence-corrected chi connectivity index (χ2v) is 8.79. The van der Waals surface area contributed by atoms with Crippen molar-refractivity contribution in [3.63, 3.8) is 0 Å². The van der Waals surface area contributed by atoms with Crippen LogP contribution in [0.4, 0.5) is 0 Å². The quantitative estimate of drug-likeness (QED) is 0.810. The van der Waals surface area contributed by atoms with Crippen LogP contribution >= 0.6 is 0 Å². The van der Waals surface area contributed by atoms with E-state index < -0.39 is 0 Å². The van der Waals surface area contributed by atoms with Gasteiger partial charge in [0.25, 0.3) is 0 Å². The number of aromatic nitrogens is 2. The molecule has 150 valence electrons. The topological polar surface area (TPSA) is 44.6 Å². The molecular formula is C21H35N5O. The first-order chi connectivity index (χ1) is 13.1. The molecule has 0 saturated carbocycles. The molecule has 6 nitrogen and oxygen atoms in total. The standard InChI is InChI=1S/C21H35N5O/c1-17-19(14-23(2)22-17)15-24-12-7-20(8-13-24)26-11-5-6-18(16-26)21(27)25-9-3-4-10-25/h14,18,20H,3-13,15-16H2,1-2H3/t18-/m1/s1. The van der Waals surface area contributed by atoms with Gasteiger partial charge in [-0.3, -0.25) is 19.3 Å². The van der Waals surface area contributed by atoms with Gasteiger partial charge in [-0.1, -0.05) is 0 Å². The van der Waals surface area contributed by atoms with Gasteiger partial charge in [-0.05, 0) is 65.1 Å². The van der Waals surface area contributed by atoms with Crippen LogP contribution in [-0.2, 0) is 18.4 Å². The molecule has 4 heterocycles. The molecule has 0 spiro atoms. The lowest BCUT2D eigenvalue weighted by atomic mass is 9.93. The summed E-state index contributed by atoms with van der Waals surface area (Å²) in [4.78, 5) is 20.1. The minimum Gasteiger partial charge on any atom is -0.342 e. The largest absolute Gasteiger partial charge is 0.342 e. The van der Waals surface area contributed by atoms with E-state index in [-0.39, 0.29) is 5.92 Å². The molecule has 0 bridgehead atoms. The maximum Gasteiger partial charge on any atom is 0.226 e. The van der Waals surface area contributed by atoms with Crippen molar-refractivity contribution in [2.45, 2.75) is 58.0 Å². The molecule has 6 heteroatoms. The summed E-state index contributed by atoms with van der Waals surface area (Å²) in [6.07, 6.45) is 9.26. The van der Waals surface area contributed by atoms with Crippen LogP contribution in [0.2, 0.25) is 0 Å². The lowest BCUT2D eigenvalue weighted by Crippen LogP contribution is -2.51. The average Bonchev–Trinajstić information content (AvgIpc) is 3.32. The fraction of sp³-hybridized carbons (Fsp3) is 0.810. The average molecular weight is 374 g/mol. The molecule has 0 N–H and O–H groups in total. The number of amides is 1. The summed E-state index contributed by atoms with van der Waals surface area (Å²) in [5.74, 6) is 0.676. The minimum atomic E-state index is 0.243. The van der Waals surface area contributed by atoms with E-state index >= 15 is 0 Å². The molecule has 0 unspecified atom stereocenters. The van der Waals surface area contributed by atoms with Gasteiger partial charge in [-0.15, -0.1) is 0 Å². The molecule has 3 aliphatic heterocycles. The minimum absolute atomic E-state index is 0.243. The predicted molar refractivity (Wildman–Crippen MR) is 106 cm³/mol. The molecule has 27 heavy (non-hydrogen) atoms. The lowest BCUT2D eigenvalue weighted by molar-refractivity contribution is -0.136. The zero-order chi connectivity index (χ0) is 18.8. The van der Waals surface area contributed by atoms with Gasteiger partial charge in [0.1, 0.15) is 0 Å². The number of piperidine rings is 2. The summed E-state index contributed by atoms with van der Waals surface area (Å²) in [6.45, 7) is 9.57. The molecule has 1 aromatic rings. The Morgan fingerprint density at radius 2 is 1.81 bits per heavy atom. The van der Waals surface area contributed by atoms with E-state index in [4.69, 9.17) is 0 Å². The van der Waals surface area contributed by atoms with Gasteiger partial charge in [-0.2, -0.15) is 5.10 Å². The van der Waals surface area contributed by atoms with Gasteiger partial charge >= 0.3 is 0 Å². The van der Waals surface area contributed by atoms with Crippen LogP contribution in [0.15, 0.2) is 6.20 Å². The number of carbonyl (C=O) groups is 1. The molecule has 0 aliphatic carbocycles. The van der Waals surface area contributed by atoms with Gasteiger partial charge in [0.05, 0.1) is 11.6 Å². The zero-order valence-corrected chi connectivity index (χ0v) is 17.1. The second-order valence-electron chi connectivity index (χ2n) is 8.79. The summed E-state index contributed by atoms with van der Waals surface area (Å²) >= 11 is 0. The third-order valence-electron chi connectivity index (χ3n) is 6.80. The van der Waals surface area contributed by atoms with E-state index in [0.717, 1.165) is 51.4 Å². The van der Waals surface area contributed by atoms with Crippen molar-refractivity contribution in [1.82, 2.24) is 24.5 Å². The third-order valence-corrected chi connectivity index (χ3v) is 6.80. The van der Waals surface area contributed by atoms with Gasteiger partial charge in [-0.25, -0.2) is 0 Å². The van der Waals surface area contributed by atoms with E-state index in [1.165, 1.54) is 44.2 Å². The second kappa shape index (κ2) is 8.31. The maximum atomic E-state index is 12.8. The van der Waals surface area contributed by atoms with Crippen molar-refractivity contribution in [1.29, 1.82) is 0 Å². The van der Waals surface area contributed by atoms with Crippen molar-refractivity contribution in [3.8, 4) is 0 Å². The highest BCUT2D eigenvalue weighted by molar-refractivity contribution is 5.79. The van der Waals surface area contributed by atoms with Crippen molar-refractivity contribution in [3.05, 3.63) is 17.5 Å². The van der Waals surface area contributed by atoms with E-state index in [1.54, 1.807) is 0 Å². The van der Waals surface area contributed by atoms with Crippen LogP contribution in [0, 0.1) is 12.8 Å². The molecule has 3 fully saturated rings. The van der Waals surface area contributed by atoms with Crippen molar-refractivity contribution >= 4 is 5.91 Å². The molecule has 1 aromatic heterocycles. The number of likely N-dealkylation sites (tertiary alicyclic amines) is 3. The Kier molecular flexibility index (Phi) is 5.83. The van der Waals surface area contributed by atoms with E-state index in [9.17, 15) is 4.79 Å².